The number of piperazine rings is 1. The molecule has 3 heterocycles. The number of fused-ring (bicyclic) bond motifs is 1. The normalized spacial score (nSPS) is 19.5. The largest absolute Gasteiger partial charge is 0.477 e. The molecule has 124 valence electrons. The van der Waals surface area contributed by atoms with Crippen LogP contribution in [0.25, 0.3) is 10.9 Å². The standard InChI is InChI=1S/C16H22N4O3/c1-11-15(21)18(2)6-7-20(11)8-9-23-13-10-12-4-5-17-14(12)16(22)19(13)3/h4-5,10-11,17H,6-9H2,1-3H3/t11-/m1/s1. The van der Waals surface area contributed by atoms with Crippen molar-refractivity contribution in [3.8, 4) is 5.88 Å². The molecule has 0 aliphatic carbocycles. The molecule has 7 nitrogen and oxygen atoms in total. The molecule has 2 aromatic rings. The van der Waals surface area contributed by atoms with Gasteiger partial charge in [-0.2, -0.15) is 0 Å². The number of likely N-dealkylation sites (N-methyl/N-ethyl adjacent to an activating group) is 1. The van der Waals surface area contributed by atoms with Crippen LogP contribution in [-0.4, -0.2) is 64.6 Å². The summed E-state index contributed by atoms with van der Waals surface area (Å²) in [5.74, 6) is 0.674. The molecular weight excluding hydrogens is 296 g/mol. The van der Waals surface area contributed by atoms with E-state index in [0.717, 1.165) is 18.5 Å². The van der Waals surface area contributed by atoms with Gasteiger partial charge in [0, 0.05) is 51.4 Å². The number of carbonyl (C=O) groups excluding carboxylic acids is 1. The van der Waals surface area contributed by atoms with Crippen molar-refractivity contribution in [2.24, 2.45) is 7.05 Å². The minimum Gasteiger partial charge on any atom is -0.477 e. The highest BCUT2D eigenvalue weighted by molar-refractivity contribution is 5.82. The first kappa shape index (κ1) is 15.6. The summed E-state index contributed by atoms with van der Waals surface area (Å²) in [6, 6.07) is 3.57. The second kappa shape index (κ2) is 6.08. The van der Waals surface area contributed by atoms with Gasteiger partial charge in [-0.3, -0.25) is 19.1 Å². The second-order valence-corrected chi connectivity index (χ2v) is 5.97. The van der Waals surface area contributed by atoms with E-state index in [-0.39, 0.29) is 17.5 Å². The van der Waals surface area contributed by atoms with Crippen molar-refractivity contribution >= 4 is 16.8 Å². The molecule has 0 saturated carbocycles. The average Bonchev–Trinajstić information content (AvgIpc) is 3.00. The van der Waals surface area contributed by atoms with E-state index in [4.69, 9.17) is 4.74 Å². The zero-order chi connectivity index (χ0) is 16.6. The van der Waals surface area contributed by atoms with Crippen LogP contribution in [0, 0.1) is 0 Å². The Bertz CT molecular complexity index is 779. The van der Waals surface area contributed by atoms with Crippen molar-refractivity contribution in [2.75, 3.05) is 33.3 Å². The maximum Gasteiger partial charge on any atom is 0.277 e. The second-order valence-electron chi connectivity index (χ2n) is 5.97. The van der Waals surface area contributed by atoms with Crippen LogP contribution in [-0.2, 0) is 11.8 Å². The predicted octanol–water partition coefficient (Wildman–Crippen LogP) is 0.408. The summed E-state index contributed by atoms with van der Waals surface area (Å²) in [5.41, 5.74) is 0.476. The fourth-order valence-electron chi connectivity index (χ4n) is 2.95. The Morgan fingerprint density at radius 1 is 1.30 bits per heavy atom. The lowest BCUT2D eigenvalue weighted by atomic mass is 10.2. The lowest BCUT2D eigenvalue weighted by Gasteiger charge is -2.37. The summed E-state index contributed by atoms with van der Waals surface area (Å²) in [6.45, 7) is 4.57. The molecule has 2 aromatic heterocycles. The van der Waals surface area contributed by atoms with E-state index in [1.165, 1.54) is 4.57 Å². The Morgan fingerprint density at radius 3 is 2.87 bits per heavy atom. The van der Waals surface area contributed by atoms with Crippen molar-refractivity contribution in [3.63, 3.8) is 0 Å². The van der Waals surface area contributed by atoms with Gasteiger partial charge < -0.3 is 14.6 Å². The van der Waals surface area contributed by atoms with Crippen LogP contribution in [0.4, 0.5) is 0 Å². The summed E-state index contributed by atoms with van der Waals surface area (Å²) in [7, 11) is 3.52. The van der Waals surface area contributed by atoms with Gasteiger partial charge in [-0.15, -0.1) is 0 Å². The third kappa shape index (κ3) is 2.84. The number of ether oxygens (including phenoxy) is 1. The fourth-order valence-corrected chi connectivity index (χ4v) is 2.95. The molecule has 1 atom stereocenters. The zero-order valence-electron chi connectivity index (χ0n) is 13.7. The Labute approximate surface area is 134 Å². The summed E-state index contributed by atoms with van der Waals surface area (Å²) < 4.78 is 7.29. The van der Waals surface area contributed by atoms with E-state index in [0.29, 0.717) is 24.5 Å². The smallest absolute Gasteiger partial charge is 0.277 e. The number of aromatic amines is 1. The number of aromatic nitrogens is 2. The van der Waals surface area contributed by atoms with Gasteiger partial charge in [0.2, 0.25) is 5.91 Å². The van der Waals surface area contributed by atoms with E-state index < -0.39 is 0 Å². The first-order valence-electron chi connectivity index (χ1n) is 7.78. The molecule has 1 fully saturated rings. The molecular formula is C16H22N4O3. The lowest BCUT2D eigenvalue weighted by Crippen LogP contribution is -2.55. The Kier molecular flexibility index (Phi) is 4.12. The Morgan fingerprint density at radius 2 is 2.09 bits per heavy atom. The van der Waals surface area contributed by atoms with E-state index in [1.807, 2.05) is 26.1 Å². The van der Waals surface area contributed by atoms with Gasteiger partial charge in [-0.25, -0.2) is 0 Å². The van der Waals surface area contributed by atoms with Crippen LogP contribution >= 0.6 is 0 Å². The highest BCUT2D eigenvalue weighted by Crippen LogP contribution is 2.16. The minimum atomic E-state index is -0.131. The Balaban J connectivity index is 1.66. The van der Waals surface area contributed by atoms with Gasteiger partial charge >= 0.3 is 0 Å². The third-order valence-electron chi connectivity index (χ3n) is 4.54. The van der Waals surface area contributed by atoms with Crippen molar-refractivity contribution in [3.05, 3.63) is 28.7 Å². The quantitative estimate of drug-likeness (QED) is 0.886. The van der Waals surface area contributed by atoms with E-state index >= 15 is 0 Å². The molecule has 1 N–H and O–H groups in total. The van der Waals surface area contributed by atoms with Crippen LogP contribution in [0.5, 0.6) is 5.88 Å². The highest BCUT2D eigenvalue weighted by atomic mass is 16.5. The zero-order valence-corrected chi connectivity index (χ0v) is 13.7. The lowest BCUT2D eigenvalue weighted by molar-refractivity contribution is -0.139. The molecule has 0 radical (unpaired) electrons. The molecule has 3 rings (SSSR count). The Hall–Kier alpha value is -2.28. The first-order valence-corrected chi connectivity index (χ1v) is 7.78. The van der Waals surface area contributed by atoms with Crippen molar-refractivity contribution in [1.82, 2.24) is 19.4 Å². The number of nitrogens with one attached hydrogen (secondary N) is 1. The monoisotopic (exact) mass is 318 g/mol. The van der Waals surface area contributed by atoms with Crippen LogP contribution < -0.4 is 10.3 Å². The molecule has 0 aromatic carbocycles. The predicted molar refractivity (Wildman–Crippen MR) is 87.7 cm³/mol. The van der Waals surface area contributed by atoms with Crippen LogP contribution in [0.15, 0.2) is 23.1 Å². The number of hydrogen-bond donors (Lipinski definition) is 1. The van der Waals surface area contributed by atoms with E-state index in [1.54, 1.807) is 18.1 Å². The SMILES string of the molecule is C[C@@H]1C(=O)N(C)CCN1CCOc1cc2cc[nH]c2c(=O)n1C. The molecule has 0 spiro atoms. The number of hydrogen-bond acceptors (Lipinski definition) is 4. The van der Waals surface area contributed by atoms with Crippen LogP contribution in [0.2, 0.25) is 0 Å². The number of nitrogens with zero attached hydrogens (tertiary/aromatic N) is 3. The summed E-state index contributed by atoms with van der Waals surface area (Å²) in [6.07, 6.45) is 1.74. The van der Waals surface area contributed by atoms with Gasteiger partial charge in [0.05, 0.1) is 6.04 Å². The number of pyridine rings is 1. The number of H-pyrrole nitrogens is 1. The molecule has 1 saturated heterocycles. The molecule has 1 aliphatic rings. The minimum absolute atomic E-state index is 0.106. The number of rotatable bonds is 4. The molecule has 0 bridgehead atoms. The maximum absolute atomic E-state index is 12.2. The van der Waals surface area contributed by atoms with E-state index in [2.05, 4.69) is 9.88 Å². The first-order chi connectivity index (χ1) is 11.0. The number of amides is 1. The average molecular weight is 318 g/mol. The van der Waals surface area contributed by atoms with Gasteiger partial charge in [0.25, 0.3) is 5.56 Å². The van der Waals surface area contributed by atoms with E-state index in [9.17, 15) is 9.59 Å². The van der Waals surface area contributed by atoms with Gasteiger partial charge in [0.15, 0.2) is 5.88 Å². The molecule has 1 aliphatic heterocycles. The van der Waals surface area contributed by atoms with Gasteiger partial charge in [0.1, 0.15) is 12.1 Å². The van der Waals surface area contributed by atoms with Crippen molar-refractivity contribution in [1.29, 1.82) is 0 Å². The molecule has 0 unspecified atom stereocenters. The topological polar surface area (TPSA) is 70.6 Å². The van der Waals surface area contributed by atoms with Crippen molar-refractivity contribution < 1.29 is 9.53 Å². The summed E-state index contributed by atoms with van der Waals surface area (Å²) >= 11 is 0. The van der Waals surface area contributed by atoms with Crippen LogP contribution in [0.3, 0.4) is 0 Å². The molecule has 23 heavy (non-hydrogen) atoms. The van der Waals surface area contributed by atoms with Gasteiger partial charge in [-0.05, 0) is 13.0 Å². The fraction of sp³-hybridized carbons (Fsp3) is 0.500. The third-order valence-corrected chi connectivity index (χ3v) is 4.54. The summed E-state index contributed by atoms with van der Waals surface area (Å²) in [4.78, 5) is 31.0. The summed E-state index contributed by atoms with van der Waals surface area (Å²) in [5, 5.41) is 0.839. The maximum atomic E-state index is 12.2. The van der Waals surface area contributed by atoms with Crippen LogP contribution in [0.1, 0.15) is 6.92 Å². The highest BCUT2D eigenvalue weighted by Gasteiger charge is 2.28. The van der Waals surface area contributed by atoms with Crippen molar-refractivity contribution in [2.45, 2.75) is 13.0 Å². The molecule has 1 amide bonds. The molecule has 7 heteroatoms. The van der Waals surface area contributed by atoms with Gasteiger partial charge in [-0.1, -0.05) is 0 Å². The number of carbonyl (C=O) groups is 1.